The molecule has 38 heavy (non-hydrogen) atoms. The van der Waals surface area contributed by atoms with Crippen LogP contribution in [0.5, 0.6) is 0 Å². The lowest BCUT2D eigenvalue weighted by Gasteiger charge is -2.33. The summed E-state index contributed by atoms with van der Waals surface area (Å²) in [6, 6.07) is 20.9. The van der Waals surface area contributed by atoms with Crippen molar-refractivity contribution < 1.29 is 18.0 Å². The number of hydrogen-bond donors (Lipinski definition) is 1. The van der Waals surface area contributed by atoms with Crippen molar-refractivity contribution in [3.05, 3.63) is 93.0 Å². The Balaban J connectivity index is 2.01. The molecule has 3 aromatic carbocycles. The third-order valence-electron chi connectivity index (χ3n) is 5.66. The van der Waals surface area contributed by atoms with Crippen LogP contribution in [0, 0.1) is 3.57 Å². The quantitative estimate of drug-likeness (QED) is 0.307. The minimum atomic E-state index is -4.08. The molecular formula is C28H31ClIN3O4S. The Hall–Kier alpha value is -2.63. The highest BCUT2D eigenvalue weighted by molar-refractivity contribution is 14.1. The Bertz CT molecular complexity index is 1360. The smallest absolute Gasteiger partial charge is 0.264 e. The molecule has 0 bridgehead atoms. The molecule has 0 aliphatic carbocycles. The van der Waals surface area contributed by atoms with E-state index in [4.69, 9.17) is 11.6 Å². The Kier molecular flexibility index (Phi) is 9.83. The number of nitrogens with one attached hydrogen (secondary N) is 1. The van der Waals surface area contributed by atoms with Gasteiger partial charge in [0.1, 0.15) is 12.6 Å². The predicted molar refractivity (Wildman–Crippen MR) is 159 cm³/mol. The van der Waals surface area contributed by atoms with Gasteiger partial charge >= 0.3 is 0 Å². The van der Waals surface area contributed by atoms with Crippen LogP contribution in [0.25, 0.3) is 0 Å². The van der Waals surface area contributed by atoms with E-state index in [2.05, 4.69) is 27.9 Å². The molecule has 3 rings (SSSR count). The largest absolute Gasteiger partial charge is 0.350 e. The van der Waals surface area contributed by atoms with Crippen LogP contribution in [-0.4, -0.2) is 43.3 Å². The number of sulfonamides is 1. The number of benzene rings is 3. The summed E-state index contributed by atoms with van der Waals surface area (Å²) in [5, 5.41) is 3.46. The Morgan fingerprint density at radius 2 is 1.53 bits per heavy atom. The van der Waals surface area contributed by atoms with Crippen LogP contribution in [-0.2, 0) is 26.2 Å². The molecule has 0 spiro atoms. The molecule has 1 atom stereocenters. The van der Waals surface area contributed by atoms with Gasteiger partial charge in [0, 0.05) is 20.7 Å². The minimum absolute atomic E-state index is 0.0640. The zero-order valence-corrected chi connectivity index (χ0v) is 25.4. The average Bonchev–Trinajstić information content (AvgIpc) is 2.86. The van der Waals surface area contributed by atoms with E-state index in [9.17, 15) is 18.0 Å². The first-order valence-corrected chi connectivity index (χ1v) is 14.9. The van der Waals surface area contributed by atoms with Crippen LogP contribution < -0.4 is 9.62 Å². The van der Waals surface area contributed by atoms with Crippen molar-refractivity contribution in [1.82, 2.24) is 10.2 Å². The molecule has 2 amide bonds. The van der Waals surface area contributed by atoms with Crippen LogP contribution in [0.3, 0.4) is 0 Å². The monoisotopic (exact) mass is 667 g/mol. The summed E-state index contributed by atoms with van der Waals surface area (Å²) >= 11 is 8.17. The standard InChI is InChI=1S/C28H31ClIN3O4S/c1-20(27(35)31-28(2,3)4)32(18-21-10-12-22(29)13-11-21)26(34)19-33(24-16-14-23(30)15-17-24)38(36,37)25-8-6-5-7-9-25/h5-17,20H,18-19H2,1-4H3,(H,31,35)/t20-/m1/s1. The highest BCUT2D eigenvalue weighted by atomic mass is 127. The van der Waals surface area contributed by atoms with Gasteiger partial charge in [-0.1, -0.05) is 41.9 Å². The molecule has 0 heterocycles. The SMILES string of the molecule is C[C@H](C(=O)NC(C)(C)C)N(Cc1ccc(Cl)cc1)C(=O)CN(c1ccc(I)cc1)S(=O)(=O)c1ccccc1. The summed E-state index contributed by atoms with van der Waals surface area (Å²) in [6.07, 6.45) is 0. The first-order chi connectivity index (χ1) is 17.8. The lowest BCUT2D eigenvalue weighted by atomic mass is 10.1. The minimum Gasteiger partial charge on any atom is -0.350 e. The second-order valence-corrected chi connectivity index (χ2v) is 13.4. The van der Waals surface area contributed by atoms with Gasteiger partial charge in [0.25, 0.3) is 10.0 Å². The number of nitrogens with zero attached hydrogens (tertiary/aromatic N) is 2. The Labute approximate surface area is 243 Å². The molecule has 0 radical (unpaired) electrons. The van der Waals surface area contributed by atoms with Gasteiger partial charge in [0.15, 0.2) is 0 Å². The first kappa shape index (κ1) is 29.9. The van der Waals surface area contributed by atoms with Gasteiger partial charge in [-0.25, -0.2) is 8.42 Å². The van der Waals surface area contributed by atoms with E-state index in [1.165, 1.54) is 17.0 Å². The van der Waals surface area contributed by atoms with Gasteiger partial charge in [0.2, 0.25) is 11.8 Å². The molecule has 202 valence electrons. The summed E-state index contributed by atoms with van der Waals surface area (Å²) in [5.74, 6) is -0.860. The third-order valence-corrected chi connectivity index (χ3v) is 8.42. The summed E-state index contributed by atoms with van der Waals surface area (Å²) in [6.45, 7) is 6.81. The van der Waals surface area contributed by atoms with E-state index < -0.39 is 34.1 Å². The summed E-state index contributed by atoms with van der Waals surface area (Å²) < 4.78 is 29.5. The summed E-state index contributed by atoms with van der Waals surface area (Å²) in [5.41, 5.74) is 0.593. The van der Waals surface area contributed by atoms with Gasteiger partial charge in [-0.3, -0.25) is 13.9 Å². The van der Waals surface area contributed by atoms with Crippen LogP contribution in [0.1, 0.15) is 33.3 Å². The molecule has 0 aliphatic heterocycles. The lowest BCUT2D eigenvalue weighted by molar-refractivity contribution is -0.140. The zero-order valence-electron chi connectivity index (χ0n) is 21.7. The van der Waals surface area contributed by atoms with Gasteiger partial charge in [-0.05, 0) is 104 Å². The number of halogens is 2. The van der Waals surface area contributed by atoms with Crippen LogP contribution in [0.15, 0.2) is 83.8 Å². The van der Waals surface area contributed by atoms with Crippen molar-refractivity contribution in [2.45, 2.75) is 50.7 Å². The summed E-state index contributed by atoms with van der Waals surface area (Å²) in [7, 11) is -4.08. The van der Waals surface area contributed by atoms with Crippen molar-refractivity contribution in [2.75, 3.05) is 10.8 Å². The highest BCUT2D eigenvalue weighted by Gasteiger charge is 2.33. The van der Waals surface area contributed by atoms with Crippen LogP contribution >= 0.6 is 34.2 Å². The normalized spacial score (nSPS) is 12.5. The molecule has 0 saturated carbocycles. The number of carbonyl (C=O) groups is 2. The van der Waals surface area contributed by atoms with Crippen LogP contribution in [0.2, 0.25) is 5.02 Å². The average molecular weight is 668 g/mol. The van der Waals surface area contributed by atoms with E-state index in [1.54, 1.807) is 73.7 Å². The topological polar surface area (TPSA) is 86.8 Å². The van der Waals surface area contributed by atoms with Crippen molar-refractivity contribution in [3.8, 4) is 0 Å². The van der Waals surface area contributed by atoms with E-state index in [0.717, 1.165) is 13.4 Å². The van der Waals surface area contributed by atoms with Crippen molar-refractivity contribution >= 4 is 61.7 Å². The maximum absolute atomic E-state index is 13.9. The highest BCUT2D eigenvalue weighted by Crippen LogP contribution is 2.25. The van der Waals surface area contributed by atoms with E-state index in [-0.39, 0.29) is 17.3 Å². The first-order valence-electron chi connectivity index (χ1n) is 12.0. The summed E-state index contributed by atoms with van der Waals surface area (Å²) in [4.78, 5) is 28.4. The van der Waals surface area contributed by atoms with Gasteiger partial charge in [-0.15, -0.1) is 0 Å². The lowest BCUT2D eigenvalue weighted by Crippen LogP contribution is -2.54. The third kappa shape index (κ3) is 7.94. The fraction of sp³-hybridized carbons (Fsp3) is 0.286. The molecule has 0 unspecified atom stereocenters. The second kappa shape index (κ2) is 12.5. The van der Waals surface area contributed by atoms with E-state index in [0.29, 0.717) is 10.7 Å². The maximum Gasteiger partial charge on any atom is 0.264 e. The molecule has 0 aromatic heterocycles. The van der Waals surface area contributed by atoms with Crippen molar-refractivity contribution in [1.29, 1.82) is 0 Å². The molecule has 0 aliphatic rings. The molecule has 1 N–H and O–H groups in total. The Morgan fingerprint density at radius 3 is 2.08 bits per heavy atom. The number of rotatable bonds is 9. The number of anilines is 1. The van der Waals surface area contributed by atoms with Crippen LogP contribution in [0.4, 0.5) is 5.69 Å². The van der Waals surface area contributed by atoms with Gasteiger partial charge in [-0.2, -0.15) is 0 Å². The molecule has 0 saturated heterocycles. The van der Waals surface area contributed by atoms with E-state index in [1.807, 2.05) is 20.8 Å². The van der Waals surface area contributed by atoms with Gasteiger partial charge < -0.3 is 10.2 Å². The fourth-order valence-electron chi connectivity index (χ4n) is 3.70. The predicted octanol–water partition coefficient (Wildman–Crippen LogP) is 5.47. The molecule has 10 heteroatoms. The van der Waals surface area contributed by atoms with Gasteiger partial charge in [0.05, 0.1) is 10.6 Å². The van der Waals surface area contributed by atoms with Crippen molar-refractivity contribution in [3.63, 3.8) is 0 Å². The number of carbonyl (C=O) groups excluding carboxylic acids is 2. The fourth-order valence-corrected chi connectivity index (χ4v) is 5.62. The number of hydrogen-bond acceptors (Lipinski definition) is 4. The molecule has 7 nitrogen and oxygen atoms in total. The zero-order chi connectivity index (χ0) is 28.1. The van der Waals surface area contributed by atoms with E-state index >= 15 is 0 Å². The molecule has 3 aromatic rings. The Morgan fingerprint density at radius 1 is 0.947 bits per heavy atom. The molecular weight excluding hydrogens is 637 g/mol. The second-order valence-electron chi connectivity index (χ2n) is 9.86. The molecule has 0 fully saturated rings. The number of amides is 2. The van der Waals surface area contributed by atoms with Crippen molar-refractivity contribution in [2.24, 2.45) is 0 Å². The maximum atomic E-state index is 13.9.